The van der Waals surface area contributed by atoms with Crippen molar-refractivity contribution in [3.63, 3.8) is 0 Å². The molecule has 0 unspecified atom stereocenters. The number of nitrogens with zero attached hydrogens (tertiary/aromatic N) is 2. The number of ether oxygens (including phenoxy) is 1. The number of nitrogens with one attached hydrogen (secondary N) is 1. The Labute approximate surface area is 165 Å². The van der Waals surface area contributed by atoms with E-state index in [0.29, 0.717) is 24.0 Å². The zero-order valence-corrected chi connectivity index (χ0v) is 17.6. The van der Waals surface area contributed by atoms with Gasteiger partial charge in [0.2, 0.25) is 10.0 Å². The highest BCUT2D eigenvalue weighted by molar-refractivity contribution is 7.91. The minimum Gasteiger partial charge on any atom is -0.379 e. The van der Waals surface area contributed by atoms with E-state index in [1.54, 1.807) is 6.07 Å². The summed E-state index contributed by atoms with van der Waals surface area (Å²) in [6.45, 7) is 5.17. The smallest absolute Gasteiger partial charge is 0.250 e. The SMILES string of the molecule is Cc1ccc(S(=O)(=O)NC[C@@H](c2ccc(N(C)C)cc2)N2CCOCC2)s1. The van der Waals surface area contributed by atoms with Crippen LogP contribution >= 0.6 is 11.3 Å². The number of morpholine rings is 1. The lowest BCUT2D eigenvalue weighted by Crippen LogP contribution is -2.43. The van der Waals surface area contributed by atoms with Crippen molar-refractivity contribution in [2.24, 2.45) is 0 Å². The van der Waals surface area contributed by atoms with Gasteiger partial charge in [-0.2, -0.15) is 0 Å². The molecule has 1 aliphatic rings. The van der Waals surface area contributed by atoms with Gasteiger partial charge in [0.15, 0.2) is 0 Å². The molecule has 27 heavy (non-hydrogen) atoms. The van der Waals surface area contributed by atoms with Crippen molar-refractivity contribution in [1.82, 2.24) is 9.62 Å². The number of aryl methyl sites for hydroxylation is 1. The van der Waals surface area contributed by atoms with Crippen LogP contribution in [0.3, 0.4) is 0 Å². The zero-order chi connectivity index (χ0) is 19.4. The van der Waals surface area contributed by atoms with Crippen LogP contribution in [-0.2, 0) is 14.8 Å². The summed E-state index contributed by atoms with van der Waals surface area (Å²) >= 11 is 1.29. The molecule has 1 saturated heterocycles. The van der Waals surface area contributed by atoms with E-state index >= 15 is 0 Å². The normalized spacial score (nSPS) is 17.0. The number of thiophene rings is 1. The van der Waals surface area contributed by atoms with Crippen molar-refractivity contribution in [2.45, 2.75) is 17.2 Å². The molecule has 2 heterocycles. The molecule has 0 radical (unpaired) electrons. The van der Waals surface area contributed by atoms with Crippen LogP contribution in [0.5, 0.6) is 0 Å². The van der Waals surface area contributed by atoms with Crippen molar-refractivity contribution in [3.8, 4) is 0 Å². The summed E-state index contributed by atoms with van der Waals surface area (Å²) in [5, 5.41) is 0. The molecule has 0 bridgehead atoms. The van der Waals surface area contributed by atoms with Crippen LogP contribution in [-0.4, -0.2) is 60.3 Å². The molecule has 1 aromatic heterocycles. The molecule has 0 spiro atoms. The van der Waals surface area contributed by atoms with Gasteiger partial charge in [-0.1, -0.05) is 12.1 Å². The summed E-state index contributed by atoms with van der Waals surface area (Å²) in [5.41, 5.74) is 2.22. The maximum absolute atomic E-state index is 12.7. The Morgan fingerprint density at radius 3 is 2.37 bits per heavy atom. The fraction of sp³-hybridized carbons (Fsp3) is 0.474. The van der Waals surface area contributed by atoms with Crippen LogP contribution in [0.15, 0.2) is 40.6 Å². The number of hydrogen-bond donors (Lipinski definition) is 1. The monoisotopic (exact) mass is 409 g/mol. The van der Waals surface area contributed by atoms with Crippen LogP contribution in [0.2, 0.25) is 0 Å². The van der Waals surface area contributed by atoms with Gasteiger partial charge in [-0.05, 0) is 36.8 Å². The molecule has 0 aliphatic carbocycles. The molecule has 1 fully saturated rings. The van der Waals surface area contributed by atoms with Crippen LogP contribution < -0.4 is 9.62 Å². The Morgan fingerprint density at radius 1 is 1.15 bits per heavy atom. The maximum Gasteiger partial charge on any atom is 0.250 e. The van der Waals surface area contributed by atoms with Crippen molar-refractivity contribution in [1.29, 1.82) is 0 Å². The average Bonchev–Trinajstić information content (AvgIpc) is 3.10. The molecule has 8 heteroatoms. The van der Waals surface area contributed by atoms with Crippen molar-refractivity contribution in [2.75, 3.05) is 51.8 Å². The van der Waals surface area contributed by atoms with E-state index in [4.69, 9.17) is 4.74 Å². The van der Waals surface area contributed by atoms with E-state index in [0.717, 1.165) is 29.2 Å². The second kappa shape index (κ2) is 8.70. The van der Waals surface area contributed by atoms with E-state index in [1.807, 2.05) is 27.1 Å². The lowest BCUT2D eigenvalue weighted by atomic mass is 10.0. The van der Waals surface area contributed by atoms with E-state index < -0.39 is 10.0 Å². The molecular weight excluding hydrogens is 382 g/mol. The van der Waals surface area contributed by atoms with Gasteiger partial charge < -0.3 is 9.64 Å². The van der Waals surface area contributed by atoms with Crippen molar-refractivity contribution in [3.05, 3.63) is 46.8 Å². The Balaban J connectivity index is 1.79. The van der Waals surface area contributed by atoms with Crippen LogP contribution in [0.25, 0.3) is 0 Å². The third kappa shape index (κ3) is 5.08. The Bertz CT molecular complexity index is 841. The molecule has 6 nitrogen and oxygen atoms in total. The second-order valence-corrected chi connectivity index (χ2v) is 10.1. The number of benzene rings is 1. The third-order valence-corrected chi connectivity index (χ3v) is 7.64. The van der Waals surface area contributed by atoms with Gasteiger partial charge in [-0.25, -0.2) is 13.1 Å². The predicted molar refractivity (Wildman–Crippen MR) is 110 cm³/mol. The summed E-state index contributed by atoms with van der Waals surface area (Å²) < 4.78 is 34.0. The maximum atomic E-state index is 12.7. The fourth-order valence-corrected chi connectivity index (χ4v) is 5.52. The summed E-state index contributed by atoms with van der Waals surface area (Å²) in [5.74, 6) is 0. The molecule has 0 saturated carbocycles. The van der Waals surface area contributed by atoms with Gasteiger partial charge in [-0.3, -0.25) is 4.90 Å². The lowest BCUT2D eigenvalue weighted by Gasteiger charge is -2.35. The minimum atomic E-state index is -3.50. The average molecular weight is 410 g/mol. The lowest BCUT2D eigenvalue weighted by molar-refractivity contribution is 0.0172. The quantitative estimate of drug-likeness (QED) is 0.761. The van der Waals surface area contributed by atoms with E-state index in [-0.39, 0.29) is 6.04 Å². The number of anilines is 1. The molecule has 1 atom stereocenters. The van der Waals surface area contributed by atoms with E-state index in [1.165, 1.54) is 11.3 Å². The van der Waals surface area contributed by atoms with E-state index in [9.17, 15) is 8.42 Å². The van der Waals surface area contributed by atoms with Crippen molar-refractivity contribution < 1.29 is 13.2 Å². The van der Waals surface area contributed by atoms with Crippen LogP contribution in [0.1, 0.15) is 16.5 Å². The number of rotatable bonds is 7. The largest absolute Gasteiger partial charge is 0.379 e. The van der Waals surface area contributed by atoms with Crippen molar-refractivity contribution >= 4 is 27.0 Å². The Hall–Kier alpha value is -1.45. The minimum absolute atomic E-state index is 0.0269. The van der Waals surface area contributed by atoms with Gasteiger partial charge in [0, 0.05) is 50.3 Å². The van der Waals surface area contributed by atoms with Gasteiger partial charge in [-0.15, -0.1) is 11.3 Å². The highest BCUT2D eigenvalue weighted by Gasteiger charge is 2.25. The molecular formula is C19H27N3O3S2. The molecule has 1 aliphatic heterocycles. The second-order valence-electron chi connectivity index (χ2n) is 6.87. The molecule has 0 amide bonds. The highest BCUT2D eigenvalue weighted by Crippen LogP contribution is 2.25. The molecule has 1 aromatic carbocycles. The van der Waals surface area contributed by atoms with E-state index in [2.05, 4.69) is 38.8 Å². The van der Waals surface area contributed by atoms with Gasteiger partial charge >= 0.3 is 0 Å². The summed E-state index contributed by atoms with van der Waals surface area (Å²) in [4.78, 5) is 5.32. The Kier molecular flexibility index (Phi) is 6.54. The van der Waals surface area contributed by atoms with Gasteiger partial charge in [0.05, 0.1) is 13.2 Å². The number of hydrogen-bond acceptors (Lipinski definition) is 6. The first-order valence-electron chi connectivity index (χ1n) is 9.02. The molecule has 2 aromatic rings. The summed E-state index contributed by atoms with van der Waals surface area (Å²) in [6.07, 6.45) is 0. The molecule has 1 N–H and O–H groups in total. The summed E-state index contributed by atoms with van der Waals surface area (Å²) in [7, 11) is 0.511. The first kappa shape index (κ1) is 20.3. The first-order chi connectivity index (χ1) is 12.9. The van der Waals surface area contributed by atoms with Gasteiger partial charge in [0.25, 0.3) is 0 Å². The fourth-order valence-electron chi connectivity index (χ4n) is 3.16. The van der Waals surface area contributed by atoms with Crippen LogP contribution in [0.4, 0.5) is 5.69 Å². The predicted octanol–water partition coefficient (Wildman–Crippen LogP) is 2.47. The molecule has 148 valence electrons. The zero-order valence-electron chi connectivity index (χ0n) is 16.0. The topological polar surface area (TPSA) is 61.9 Å². The van der Waals surface area contributed by atoms with Gasteiger partial charge in [0.1, 0.15) is 4.21 Å². The van der Waals surface area contributed by atoms with Crippen LogP contribution in [0, 0.1) is 6.92 Å². The first-order valence-corrected chi connectivity index (χ1v) is 11.3. The Morgan fingerprint density at radius 2 is 1.81 bits per heavy atom. The summed E-state index contributed by atoms with van der Waals surface area (Å²) in [6, 6.07) is 11.8. The molecule has 3 rings (SSSR count). The highest BCUT2D eigenvalue weighted by atomic mass is 32.2. The standard InChI is InChI=1S/C19H27N3O3S2/c1-15-4-9-19(26-15)27(23,24)20-14-18(22-10-12-25-13-11-22)16-5-7-17(8-6-16)21(2)3/h4-9,18,20H,10-14H2,1-3H3/t18-/m0/s1. The third-order valence-electron chi connectivity index (χ3n) is 4.73. The number of sulfonamides is 1.